The predicted molar refractivity (Wildman–Crippen MR) is 68.6 cm³/mol. The molecule has 1 atom stereocenters. The summed E-state index contributed by atoms with van der Waals surface area (Å²) in [6.07, 6.45) is 7.18. The summed E-state index contributed by atoms with van der Waals surface area (Å²) in [6, 6.07) is 0.208. The highest BCUT2D eigenvalue weighted by Crippen LogP contribution is 2.28. The molecular weight excluding hydrogens is 214 g/mol. The average Bonchev–Trinajstić information content (AvgIpc) is 2.89. The van der Waals surface area contributed by atoms with Crippen LogP contribution in [0.4, 0.5) is 0 Å². The van der Waals surface area contributed by atoms with Gasteiger partial charge in [-0.2, -0.15) is 0 Å². The molecule has 0 bridgehead atoms. The van der Waals surface area contributed by atoms with Gasteiger partial charge in [-0.05, 0) is 12.3 Å². The molecule has 4 heteroatoms. The first-order valence-corrected chi connectivity index (χ1v) is 7.01. The highest BCUT2D eigenvalue weighted by molar-refractivity contribution is 5.76. The van der Waals surface area contributed by atoms with Crippen LogP contribution in [0.1, 0.15) is 38.5 Å². The number of carbonyl (C=O) groups excluding carboxylic acids is 1. The van der Waals surface area contributed by atoms with E-state index in [-0.39, 0.29) is 6.04 Å². The Morgan fingerprint density at radius 1 is 1.35 bits per heavy atom. The van der Waals surface area contributed by atoms with E-state index < -0.39 is 0 Å². The third-order valence-electron chi connectivity index (χ3n) is 4.18. The van der Waals surface area contributed by atoms with E-state index in [0.29, 0.717) is 12.5 Å². The molecule has 0 aromatic heterocycles. The Labute approximate surface area is 104 Å². The van der Waals surface area contributed by atoms with Gasteiger partial charge in [0.25, 0.3) is 0 Å². The normalized spacial score (nSPS) is 26.4. The topological polar surface area (TPSA) is 58.4 Å². The van der Waals surface area contributed by atoms with Crippen molar-refractivity contribution in [1.82, 2.24) is 10.2 Å². The first-order chi connectivity index (χ1) is 8.31. The molecule has 3 N–H and O–H groups in total. The van der Waals surface area contributed by atoms with Gasteiger partial charge in [0.2, 0.25) is 5.91 Å². The van der Waals surface area contributed by atoms with Crippen LogP contribution >= 0.6 is 0 Å². The summed E-state index contributed by atoms with van der Waals surface area (Å²) in [5.41, 5.74) is 5.72. The van der Waals surface area contributed by atoms with Crippen LogP contribution in [0.5, 0.6) is 0 Å². The fraction of sp³-hybridized carbons (Fsp3) is 0.923. The van der Waals surface area contributed by atoms with E-state index in [0.717, 1.165) is 38.4 Å². The Kier molecular flexibility index (Phi) is 4.80. The largest absolute Gasteiger partial charge is 0.336 e. The lowest BCUT2D eigenvalue weighted by molar-refractivity contribution is -0.134. The van der Waals surface area contributed by atoms with Gasteiger partial charge in [0, 0.05) is 32.6 Å². The fourth-order valence-electron chi connectivity index (χ4n) is 3.07. The summed E-state index contributed by atoms with van der Waals surface area (Å²) in [5.74, 6) is 1.12. The van der Waals surface area contributed by atoms with Crippen molar-refractivity contribution in [2.24, 2.45) is 11.7 Å². The van der Waals surface area contributed by atoms with Gasteiger partial charge in [-0.1, -0.05) is 25.7 Å². The van der Waals surface area contributed by atoms with Gasteiger partial charge in [-0.25, -0.2) is 0 Å². The molecule has 1 saturated carbocycles. The zero-order valence-corrected chi connectivity index (χ0v) is 10.7. The number of nitrogens with two attached hydrogens (primary N) is 1. The van der Waals surface area contributed by atoms with Crippen LogP contribution in [0.25, 0.3) is 0 Å². The van der Waals surface area contributed by atoms with Crippen LogP contribution in [-0.2, 0) is 4.79 Å². The lowest BCUT2D eigenvalue weighted by atomic mass is 10.0. The van der Waals surface area contributed by atoms with Gasteiger partial charge >= 0.3 is 0 Å². The Bertz CT molecular complexity index is 251. The summed E-state index contributed by atoms with van der Waals surface area (Å²) in [6.45, 7) is 3.16. The number of piperazine rings is 1. The van der Waals surface area contributed by atoms with Crippen molar-refractivity contribution >= 4 is 5.91 Å². The second-order valence-electron chi connectivity index (χ2n) is 5.37. The maximum Gasteiger partial charge on any atom is 0.222 e. The van der Waals surface area contributed by atoms with Crippen LogP contribution < -0.4 is 11.1 Å². The first kappa shape index (κ1) is 12.8. The maximum atomic E-state index is 12.2. The van der Waals surface area contributed by atoms with Crippen molar-refractivity contribution in [1.29, 1.82) is 0 Å². The molecule has 1 heterocycles. The highest BCUT2D eigenvalue weighted by atomic mass is 16.2. The molecule has 1 amide bonds. The monoisotopic (exact) mass is 239 g/mol. The molecule has 4 nitrogen and oxygen atoms in total. The molecular formula is C13H25N3O. The van der Waals surface area contributed by atoms with E-state index >= 15 is 0 Å². The van der Waals surface area contributed by atoms with E-state index in [9.17, 15) is 4.79 Å². The van der Waals surface area contributed by atoms with Crippen molar-refractivity contribution in [3.8, 4) is 0 Å². The molecule has 1 unspecified atom stereocenters. The van der Waals surface area contributed by atoms with Crippen molar-refractivity contribution in [3.05, 3.63) is 0 Å². The van der Waals surface area contributed by atoms with Crippen LogP contribution in [0.15, 0.2) is 0 Å². The van der Waals surface area contributed by atoms with Crippen LogP contribution in [0, 0.1) is 5.92 Å². The zero-order valence-electron chi connectivity index (χ0n) is 10.7. The molecule has 1 aliphatic carbocycles. The van der Waals surface area contributed by atoms with Crippen LogP contribution in [-0.4, -0.2) is 43.0 Å². The number of hydrogen-bond acceptors (Lipinski definition) is 3. The van der Waals surface area contributed by atoms with Crippen molar-refractivity contribution in [3.63, 3.8) is 0 Å². The molecule has 0 aromatic carbocycles. The summed E-state index contributed by atoms with van der Waals surface area (Å²) in [4.78, 5) is 14.2. The van der Waals surface area contributed by atoms with Crippen molar-refractivity contribution < 1.29 is 4.79 Å². The minimum atomic E-state index is 0.208. The van der Waals surface area contributed by atoms with E-state index in [1.165, 1.54) is 25.7 Å². The average molecular weight is 239 g/mol. The van der Waals surface area contributed by atoms with Gasteiger partial charge < -0.3 is 16.0 Å². The second-order valence-corrected chi connectivity index (χ2v) is 5.37. The molecule has 2 rings (SSSR count). The third-order valence-corrected chi connectivity index (χ3v) is 4.18. The summed E-state index contributed by atoms with van der Waals surface area (Å²) in [5, 5.41) is 3.29. The van der Waals surface area contributed by atoms with Crippen molar-refractivity contribution in [2.75, 3.05) is 26.2 Å². The lowest BCUT2D eigenvalue weighted by Gasteiger charge is -2.35. The van der Waals surface area contributed by atoms with E-state index in [2.05, 4.69) is 5.32 Å². The molecule has 17 heavy (non-hydrogen) atoms. The highest BCUT2D eigenvalue weighted by Gasteiger charge is 2.26. The molecule has 1 aliphatic heterocycles. The second kappa shape index (κ2) is 6.36. The number of carbonyl (C=O) groups is 1. The summed E-state index contributed by atoms with van der Waals surface area (Å²) in [7, 11) is 0. The number of nitrogens with one attached hydrogen (secondary N) is 1. The Hall–Kier alpha value is -0.610. The lowest BCUT2D eigenvalue weighted by Crippen LogP contribution is -2.56. The van der Waals surface area contributed by atoms with Gasteiger partial charge in [-0.3, -0.25) is 4.79 Å². The molecule has 98 valence electrons. The minimum absolute atomic E-state index is 0.208. The Morgan fingerprint density at radius 2 is 2.12 bits per heavy atom. The molecule has 1 saturated heterocycles. The van der Waals surface area contributed by atoms with Gasteiger partial charge in [0.15, 0.2) is 0 Å². The number of amides is 1. The van der Waals surface area contributed by atoms with Gasteiger partial charge in [0.05, 0.1) is 6.04 Å². The molecule has 2 aliphatic rings. The van der Waals surface area contributed by atoms with E-state index in [1.54, 1.807) is 0 Å². The van der Waals surface area contributed by atoms with Crippen LogP contribution in [0.2, 0.25) is 0 Å². The Balaban J connectivity index is 1.76. The smallest absolute Gasteiger partial charge is 0.222 e. The van der Waals surface area contributed by atoms with Crippen LogP contribution in [0.3, 0.4) is 0 Å². The third kappa shape index (κ3) is 3.42. The zero-order chi connectivity index (χ0) is 12.1. The quantitative estimate of drug-likeness (QED) is 0.760. The number of rotatable bonds is 4. The Morgan fingerprint density at radius 3 is 2.82 bits per heavy atom. The molecule has 0 spiro atoms. The standard InChI is InChI=1S/C13H25N3O/c14-9-12-10-15-7-8-16(12)13(17)6-5-11-3-1-2-4-11/h11-12,15H,1-10,14H2. The number of nitrogens with zero attached hydrogens (tertiary/aromatic N) is 1. The van der Waals surface area contributed by atoms with Gasteiger partial charge in [0.1, 0.15) is 0 Å². The van der Waals surface area contributed by atoms with E-state index in [4.69, 9.17) is 5.73 Å². The maximum absolute atomic E-state index is 12.2. The predicted octanol–water partition coefficient (Wildman–Crippen LogP) is 0.716. The summed E-state index contributed by atoms with van der Waals surface area (Å²) < 4.78 is 0. The molecule has 0 radical (unpaired) electrons. The minimum Gasteiger partial charge on any atom is -0.336 e. The van der Waals surface area contributed by atoms with Gasteiger partial charge in [-0.15, -0.1) is 0 Å². The summed E-state index contributed by atoms with van der Waals surface area (Å²) >= 11 is 0. The van der Waals surface area contributed by atoms with E-state index in [1.807, 2.05) is 4.90 Å². The fourth-order valence-corrected chi connectivity index (χ4v) is 3.07. The number of hydrogen-bond donors (Lipinski definition) is 2. The molecule has 2 fully saturated rings. The SMILES string of the molecule is NCC1CNCCN1C(=O)CCC1CCCC1. The molecule has 0 aromatic rings. The van der Waals surface area contributed by atoms with Crippen molar-refractivity contribution in [2.45, 2.75) is 44.6 Å². The first-order valence-electron chi connectivity index (χ1n) is 7.01.